The maximum atomic E-state index is 4.30. The lowest BCUT2D eigenvalue weighted by Crippen LogP contribution is -2.10. The molecule has 0 amide bonds. The molecule has 1 rings (SSSR count). The average Bonchev–Trinajstić information content (AvgIpc) is 2.17. The molecular formula is C14H19N. The topological polar surface area (TPSA) is 12.4 Å². The van der Waals surface area contributed by atoms with E-state index in [1.54, 1.807) is 6.21 Å². The Morgan fingerprint density at radius 2 is 1.93 bits per heavy atom. The van der Waals surface area contributed by atoms with Gasteiger partial charge in [0.15, 0.2) is 0 Å². The standard InChI is InChI=1S/C14H19N/c1-6-11-10-12(14(3,4)5)8-9-13(11)15-7-2/h6-10H,1H2,2-5H3. The van der Waals surface area contributed by atoms with E-state index in [0.29, 0.717) is 0 Å². The maximum Gasteiger partial charge on any atom is 0.0697 e. The lowest BCUT2D eigenvalue weighted by Gasteiger charge is -2.20. The van der Waals surface area contributed by atoms with Crippen LogP contribution in [-0.2, 0) is 5.41 Å². The first-order chi connectivity index (χ1) is 6.99. The number of benzene rings is 1. The van der Waals surface area contributed by atoms with E-state index in [2.05, 4.69) is 50.5 Å². The van der Waals surface area contributed by atoms with E-state index < -0.39 is 0 Å². The molecule has 1 aromatic carbocycles. The first-order valence-electron chi connectivity index (χ1n) is 5.24. The number of aliphatic imine (C=N–C) groups is 1. The minimum absolute atomic E-state index is 0.173. The molecule has 0 aliphatic carbocycles. The SMILES string of the molecule is C=Cc1cc(C(C)(C)C)ccc1N=CC. The fourth-order valence-electron chi connectivity index (χ4n) is 1.44. The molecule has 0 aliphatic rings. The molecule has 80 valence electrons. The van der Waals surface area contributed by atoms with Gasteiger partial charge in [-0.05, 0) is 35.6 Å². The molecule has 1 heteroatoms. The summed E-state index contributed by atoms with van der Waals surface area (Å²) in [6.45, 7) is 12.4. The molecule has 0 radical (unpaired) electrons. The van der Waals surface area contributed by atoms with Crippen LogP contribution in [0.4, 0.5) is 5.69 Å². The van der Waals surface area contributed by atoms with Crippen molar-refractivity contribution in [1.82, 2.24) is 0 Å². The third-order valence-electron chi connectivity index (χ3n) is 2.38. The van der Waals surface area contributed by atoms with Crippen LogP contribution in [-0.4, -0.2) is 6.21 Å². The Kier molecular flexibility index (Phi) is 3.46. The molecule has 15 heavy (non-hydrogen) atoms. The Hall–Kier alpha value is -1.37. The van der Waals surface area contributed by atoms with Crippen molar-refractivity contribution >= 4 is 18.0 Å². The monoisotopic (exact) mass is 201 g/mol. The fraction of sp³-hybridized carbons (Fsp3) is 0.357. The molecule has 0 bridgehead atoms. The molecule has 0 saturated heterocycles. The molecule has 0 saturated carbocycles. The van der Waals surface area contributed by atoms with Crippen LogP contribution in [0.3, 0.4) is 0 Å². The number of nitrogens with zero attached hydrogens (tertiary/aromatic N) is 1. The molecule has 1 aromatic rings. The van der Waals surface area contributed by atoms with Crippen molar-refractivity contribution in [1.29, 1.82) is 0 Å². The van der Waals surface area contributed by atoms with Crippen LogP contribution in [0.15, 0.2) is 29.8 Å². The molecule has 0 aliphatic heterocycles. The lowest BCUT2D eigenvalue weighted by atomic mass is 9.86. The Morgan fingerprint density at radius 3 is 2.40 bits per heavy atom. The zero-order valence-electron chi connectivity index (χ0n) is 10.0. The summed E-state index contributed by atoms with van der Waals surface area (Å²) in [7, 11) is 0. The molecule has 0 aromatic heterocycles. The van der Waals surface area contributed by atoms with E-state index in [1.807, 2.05) is 13.0 Å². The molecule has 0 unspecified atom stereocenters. The van der Waals surface area contributed by atoms with Crippen molar-refractivity contribution in [2.75, 3.05) is 0 Å². The molecule has 0 heterocycles. The predicted molar refractivity (Wildman–Crippen MR) is 69.1 cm³/mol. The van der Waals surface area contributed by atoms with Gasteiger partial charge in [-0.25, -0.2) is 0 Å². The van der Waals surface area contributed by atoms with Crippen molar-refractivity contribution in [2.24, 2.45) is 4.99 Å². The van der Waals surface area contributed by atoms with E-state index in [9.17, 15) is 0 Å². The van der Waals surface area contributed by atoms with Gasteiger partial charge in [0.25, 0.3) is 0 Å². The summed E-state index contributed by atoms with van der Waals surface area (Å²) >= 11 is 0. The van der Waals surface area contributed by atoms with Crippen LogP contribution in [0, 0.1) is 0 Å². The van der Waals surface area contributed by atoms with E-state index in [1.165, 1.54) is 5.56 Å². The normalized spacial score (nSPS) is 12.0. The van der Waals surface area contributed by atoms with Crippen LogP contribution in [0.5, 0.6) is 0 Å². The fourth-order valence-corrected chi connectivity index (χ4v) is 1.44. The first kappa shape index (κ1) is 11.7. The molecule has 0 spiro atoms. The molecule has 0 N–H and O–H groups in total. The minimum Gasteiger partial charge on any atom is -0.261 e. The second-order valence-electron chi connectivity index (χ2n) is 4.62. The van der Waals surface area contributed by atoms with E-state index in [0.717, 1.165) is 11.3 Å². The highest BCUT2D eigenvalue weighted by molar-refractivity contribution is 5.69. The van der Waals surface area contributed by atoms with Gasteiger partial charge in [0.1, 0.15) is 0 Å². The van der Waals surface area contributed by atoms with Gasteiger partial charge in [-0.2, -0.15) is 0 Å². The summed E-state index contributed by atoms with van der Waals surface area (Å²) in [5.74, 6) is 0. The third kappa shape index (κ3) is 2.79. The third-order valence-corrected chi connectivity index (χ3v) is 2.38. The summed E-state index contributed by atoms with van der Waals surface area (Å²) in [6.07, 6.45) is 3.66. The van der Waals surface area contributed by atoms with Gasteiger partial charge in [-0.15, -0.1) is 0 Å². The summed E-state index contributed by atoms with van der Waals surface area (Å²) in [5, 5.41) is 0. The van der Waals surface area contributed by atoms with E-state index in [4.69, 9.17) is 0 Å². The quantitative estimate of drug-likeness (QED) is 0.631. The summed E-state index contributed by atoms with van der Waals surface area (Å²) in [4.78, 5) is 4.30. The number of rotatable bonds is 2. The predicted octanol–water partition coefficient (Wildman–Crippen LogP) is 4.35. The van der Waals surface area contributed by atoms with Gasteiger partial charge >= 0.3 is 0 Å². The highest BCUT2D eigenvalue weighted by Crippen LogP contribution is 2.28. The zero-order chi connectivity index (χ0) is 11.5. The van der Waals surface area contributed by atoms with Crippen molar-refractivity contribution in [3.05, 3.63) is 35.9 Å². The van der Waals surface area contributed by atoms with Crippen LogP contribution in [0.25, 0.3) is 6.08 Å². The Balaban J connectivity index is 3.25. The van der Waals surface area contributed by atoms with Crippen molar-refractivity contribution in [3.8, 4) is 0 Å². The van der Waals surface area contributed by atoms with Crippen LogP contribution in [0.2, 0.25) is 0 Å². The summed E-state index contributed by atoms with van der Waals surface area (Å²) in [6, 6.07) is 6.35. The smallest absolute Gasteiger partial charge is 0.0697 e. The Morgan fingerprint density at radius 1 is 1.27 bits per heavy atom. The van der Waals surface area contributed by atoms with Gasteiger partial charge in [0.2, 0.25) is 0 Å². The van der Waals surface area contributed by atoms with Gasteiger partial charge in [-0.1, -0.05) is 39.5 Å². The van der Waals surface area contributed by atoms with Gasteiger partial charge < -0.3 is 0 Å². The first-order valence-corrected chi connectivity index (χ1v) is 5.24. The van der Waals surface area contributed by atoms with Crippen molar-refractivity contribution in [3.63, 3.8) is 0 Å². The van der Waals surface area contributed by atoms with Crippen molar-refractivity contribution in [2.45, 2.75) is 33.1 Å². The highest BCUT2D eigenvalue weighted by atomic mass is 14.7. The zero-order valence-corrected chi connectivity index (χ0v) is 10.0. The Bertz CT molecular complexity index is 381. The molecule has 0 fully saturated rings. The largest absolute Gasteiger partial charge is 0.261 e. The highest BCUT2D eigenvalue weighted by Gasteiger charge is 2.14. The van der Waals surface area contributed by atoms with Crippen LogP contribution in [0.1, 0.15) is 38.8 Å². The Labute approximate surface area is 92.6 Å². The minimum atomic E-state index is 0.173. The maximum absolute atomic E-state index is 4.30. The summed E-state index contributed by atoms with van der Waals surface area (Å²) in [5.41, 5.74) is 3.57. The van der Waals surface area contributed by atoms with Gasteiger partial charge in [0, 0.05) is 6.21 Å². The van der Waals surface area contributed by atoms with E-state index in [-0.39, 0.29) is 5.41 Å². The van der Waals surface area contributed by atoms with Crippen LogP contribution >= 0.6 is 0 Å². The van der Waals surface area contributed by atoms with Gasteiger partial charge in [0.05, 0.1) is 5.69 Å². The van der Waals surface area contributed by atoms with Crippen LogP contribution < -0.4 is 0 Å². The lowest BCUT2D eigenvalue weighted by molar-refractivity contribution is 0.590. The second kappa shape index (κ2) is 4.43. The number of hydrogen-bond donors (Lipinski definition) is 0. The second-order valence-corrected chi connectivity index (χ2v) is 4.62. The average molecular weight is 201 g/mol. The van der Waals surface area contributed by atoms with Gasteiger partial charge in [-0.3, -0.25) is 4.99 Å². The summed E-state index contributed by atoms with van der Waals surface area (Å²) < 4.78 is 0. The molecular weight excluding hydrogens is 182 g/mol. The number of hydrogen-bond acceptors (Lipinski definition) is 1. The molecule has 0 atom stereocenters. The van der Waals surface area contributed by atoms with E-state index >= 15 is 0 Å². The molecule has 1 nitrogen and oxygen atoms in total. The van der Waals surface area contributed by atoms with Crippen molar-refractivity contribution < 1.29 is 0 Å².